The molecule has 0 aliphatic rings. The molecular weight excluding hydrogens is 699 g/mol. The molecule has 1 rings (SSSR count). The molecule has 0 aliphatic carbocycles. The van der Waals surface area contributed by atoms with Crippen molar-refractivity contribution in [2.45, 2.75) is 265 Å². The number of carbonyl (C=O) groups excluding carboxylic acids is 1. The van der Waals surface area contributed by atoms with Gasteiger partial charge in [0.2, 0.25) is 0 Å². The Bertz CT molecular complexity index is 947. The molecule has 0 saturated carbocycles. The van der Waals surface area contributed by atoms with Crippen molar-refractivity contribution in [2.24, 2.45) is 5.92 Å². The molecule has 0 spiro atoms. The second kappa shape index (κ2) is 40.0. The normalized spacial score (nSPS) is 12.4. The molecule has 1 aromatic carbocycles. The smallest absolute Gasteiger partial charge is 0.313 e. The van der Waals surface area contributed by atoms with Crippen LogP contribution in [0.3, 0.4) is 0 Å². The van der Waals surface area contributed by atoms with Crippen LogP contribution in [0, 0.1) is 5.92 Å². The monoisotopic (exact) mass is 798 g/mol. The van der Waals surface area contributed by atoms with Crippen molar-refractivity contribution in [1.29, 1.82) is 0 Å². The van der Waals surface area contributed by atoms with Crippen LogP contribution in [0.5, 0.6) is 0 Å². The number of ether oxygens (including phenoxy) is 1. The van der Waals surface area contributed by atoms with Crippen LogP contribution in [-0.4, -0.2) is 48.3 Å². The summed E-state index contributed by atoms with van der Waals surface area (Å²) in [5.74, 6) is 0.305. The molecule has 0 amide bonds. The molecular formula is C53H99NO3. The first-order valence-corrected chi connectivity index (χ1v) is 25.5. The summed E-state index contributed by atoms with van der Waals surface area (Å²) in [6.07, 6.45) is 45.9. The van der Waals surface area contributed by atoms with E-state index in [0.717, 1.165) is 37.9 Å². The second-order valence-corrected chi connectivity index (χ2v) is 18.5. The number of carbonyl (C=O) groups is 1. The van der Waals surface area contributed by atoms with Gasteiger partial charge in [-0.25, -0.2) is 0 Å². The van der Waals surface area contributed by atoms with E-state index in [-0.39, 0.29) is 18.5 Å². The fourth-order valence-corrected chi connectivity index (χ4v) is 8.71. The number of hydrogen-bond donors (Lipinski definition) is 1. The molecule has 0 bridgehead atoms. The van der Waals surface area contributed by atoms with Crippen LogP contribution in [-0.2, 0) is 16.0 Å². The van der Waals surface area contributed by atoms with Gasteiger partial charge in [-0.1, -0.05) is 238 Å². The minimum absolute atomic E-state index is 0.107. The molecule has 0 fully saturated rings. The molecule has 57 heavy (non-hydrogen) atoms. The maximum Gasteiger partial charge on any atom is 0.313 e. The Morgan fingerprint density at radius 1 is 0.526 bits per heavy atom. The number of aliphatic hydroxyl groups excluding tert-OH is 1. The fraction of sp³-hybridized carbons (Fsp3) is 0.868. The van der Waals surface area contributed by atoms with Crippen LogP contribution in [0.15, 0.2) is 24.3 Å². The van der Waals surface area contributed by atoms with Crippen molar-refractivity contribution in [3.63, 3.8) is 0 Å². The standard InChI is InChI=1S/C53H99NO3/c1-6-8-10-12-14-16-18-20-22-24-26-29-33-37-52(38-34-30-27-25-23-21-19-17-15-13-11-9-7-2)54(44-45-55)43-35-31-28-32-36-46-57-53(56)49(5)51-41-39-50(40-42-51)47-48(3)4/h39-42,48-49,52,55H,6-38,43-47H2,1-5H3. The molecule has 1 aromatic rings. The average molecular weight is 798 g/mol. The molecule has 0 heterocycles. The van der Waals surface area contributed by atoms with Crippen LogP contribution in [0.25, 0.3) is 0 Å². The molecule has 0 radical (unpaired) electrons. The first-order valence-electron chi connectivity index (χ1n) is 25.5. The van der Waals surface area contributed by atoms with E-state index >= 15 is 0 Å². The fourth-order valence-electron chi connectivity index (χ4n) is 8.71. The number of hydrogen-bond acceptors (Lipinski definition) is 4. The van der Waals surface area contributed by atoms with Gasteiger partial charge in [-0.3, -0.25) is 9.69 Å². The number of aliphatic hydroxyl groups is 1. The summed E-state index contributed by atoms with van der Waals surface area (Å²) in [5.41, 5.74) is 2.37. The van der Waals surface area contributed by atoms with E-state index < -0.39 is 0 Å². The Morgan fingerprint density at radius 2 is 0.912 bits per heavy atom. The summed E-state index contributed by atoms with van der Waals surface area (Å²) in [6.45, 7) is 13.7. The van der Waals surface area contributed by atoms with Gasteiger partial charge in [0, 0.05) is 12.6 Å². The Kier molecular flexibility index (Phi) is 37.7. The zero-order valence-corrected chi connectivity index (χ0v) is 39.1. The highest BCUT2D eigenvalue weighted by Gasteiger charge is 2.18. The predicted octanol–water partition coefficient (Wildman–Crippen LogP) is 16.1. The van der Waals surface area contributed by atoms with Crippen LogP contribution < -0.4 is 0 Å². The van der Waals surface area contributed by atoms with E-state index in [4.69, 9.17) is 4.74 Å². The molecule has 0 aliphatic heterocycles. The Labute approximate surface area is 356 Å². The van der Waals surface area contributed by atoms with E-state index in [2.05, 4.69) is 56.9 Å². The number of rotatable bonds is 43. The second-order valence-electron chi connectivity index (χ2n) is 18.5. The maximum atomic E-state index is 12.7. The van der Waals surface area contributed by atoms with Gasteiger partial charge >= 0.3 is 5.97 Å². The van der Waals surface area contributed by atoms with Crippen LogP contribution in [0.1, 0.15) is 264 Å². The van der Waals surface area contributed by atoms with E-state index in [0.29, 0.717) is 18.6 Å². The van der Waals surface area contributed by atoms with Crippen molar-refractivity contribution in [1.82, 2.24) is 4.90 Å². The molecule has 0 aromatic heterocycles. The molecule has 4 nitrogen and oxygen atoms in total. The average Bonchev–Trinajstić information content (AvgIpc) is 3.20. The SMILES string of the molecule is CCCCCCCCCCCCCCCC(CCCCCCCCCCCCCCC)N(CCO)CCCCCCCOC(=O)C(C)c1ccc(CC(C)C)cc1. The van der Waals surface area contributed by atoms with Crippen LogP contribution in [0.4, 0.5) is 0 Å². The Hall–Kier alpha value is -1.39. The largest absolute Gasteiger partial charge is 0.465 e. The zero-order valence-electron chi connectivity index (χ0n) is 39.1. The van der Waals surface area contributed by atoms with Gasteiger partial charge in [0.1, 0.15) is 0 Å². The van der Waals surface area contributed by atoms with Crippen molar-refractivity contribution in [3.05, 3.63) is 35.4 Å². The summed E-state index contributed by atoms with van der Waals surface area (Å²) in [4.78, 5) is 15.4. The lowest BCUT2D eigenvalue weighted by molar-refractivity contribution is -0.145. The molecule has 1 atom stereocenters. The molecule has 0 saturated heterocycles. The first-order chi connectivity index (χ1) is 27.9. The predicted molar refractivity (Wildman–Crippen MR) is 251 cm³/mol. The number of esters is 1. The summed E-state index contributed by atoms with van der Waals surface area (Å²) in [7, 11) is 0. The highest BCUT2D eigenvalue weighted by atomic mass is 16.5. The molecule has 1 N–H and O–H groups in total. The van der Waals surface area contributed by atoms with Gasteiger partial charge in [-0.2, -0.15) is 0 Å². The van der Waals surface area contributed by atoms with E-state index in [1.807, 2.05) is 6.92 Å². The lowest BCUT2D eigenvalue weighted by atomic mass is 9.97. The lowest BCUT2D eigenvalue weighted by Crippen LogP contribution is -2.38. The maximum absolute atomic E-state index is 12.7. The van der Waals surface area contributed by atoms with Gasteiger partial charge in [0.25, 0.3) is 0 Å². The summed E-state index contributed by atoms with van der Waals surface area (Å²) in [6, 6.07) is 9.11. The van der Waals surface area contributed by atoms with Gasteiger partial charge in [-0.05, 0) is 62.6 Å². The third-order valence-corrected chi connectivity index (χ3v) is 12.5. The quantitative estimate of drug-likeness (QED) is 0.0528. The van der Waals surface area contributed by atoms with Crippen molar-refractivity contribution in [3.8, 4) is 0 Å². The van der Waals surface area contributed by atoms with Crippen LogP contribution >= 0.6 is 0 Å². The van der Waals surface area contributed by atoms with Crippen LogP contribution in [0.2, 0.25) is 0 Å². The van der Waals surface area contributed by atoms with Crippen molar-refractivity contribution < 1.29 is 14.6 Å². The summed E-state index contributed by atoms with van der Waals surface area (Å²) >= 11 is 0. The minimum atomic E-state index is -0.219. The van der Waals surface area contributed by atoms with Crippen molar-refractivity contribution in [2.75, 3.05) is 26.3 Å². The summed E-state index contributed by atoms with van der Waals surface area (Å²) < 4.78 is 5.68. The minimum Gasteiger partial charge on any atom is -0.465 e. The van der Waals surface area contributed by atoms with Gasteiger partial charge in [-0.15, -0.1) is 0 Å². The third-order valence-electron chi connectivity index (χ3n) is 12.5. The highest BCUT2D eigenvalue weighted by Crippen LogP contribution is 2.22. The van der Waals surface area contributed by atoms with Gasteiger partial charge < -0.3 is 9.84 Å². The van der Waals surface area contributed by atoms with Gasteiger partial charge in [0.15, 0.2) is 0 Å². The van der Waals surface area contributed by atoms with Crippen molar-refractivity contribution >= 4 is 5.97 Å². The van der Waals surface area contributed by atoms with E-state index in [9.17, 15) is 9.90 Å². The number of nitrogens with zero attached hydrogens (tertiary/aromatic N) is 1. The Balaban J connectivity index is 2.38. The number of benzene rings is 1. The third kappa shape index (κ3) is 32.1. The summed E-state index contributed by atoms with van der Waals surface area (Å²) in [5, 5.41) is 10.1. The van der Waals surface area contributed by atoms with Gasteiger partial charge in [0.05, 0.1) is 19.1 Å². The molecule has 334 valence electrons. The van der Waals surface area contributed by atoms with E-state index in [1.54, 1.807) is 0 Å². The highest BCUT2D eigenvalue weighted by molar-refractivity contribution is 5.77. The Morgan fingerprint density at radius 3 is 1.32 bits per heavy atom. The van der Waals surface area contributed by atoms with E-state index in [1.165, 1.54) is 205 Å². The topological polar surface area (TPSA) is 49.8 Å². The molecule has 1 unspecified atom stereocenters. The number of unbranched alkanes of at least 4 members (excludes halogenated alkanes) is 28. The lowest BCUT2D eigenvalue weighted by Gasteiger charge is -2.32. The molecule has 4 heteroatoms. The first kappa shape index (κ1) is 53.6. The zero-order chi connectivity index (χ0) is 41.4.